The molecule has 4 N–H and O–H groups in total. The predicted molar refractivity (Wildman–Crippen MR) is 48.9 cm³/mol. The number of hydrogen-bond acceptors (Lipinski definition) is 3. The first-order valence-corrected chi connectivity index (χ1v) is 4.24. The molecule has 0 saturated heterocycles. The zero-order valence-corrected chi connectivity index (χ0v) is 7.42. The molecule has 1 aliphatic rings. The van der Waals surface area contributed by atoms with Crippen molar-refractivity contribution in [1.82, 2.24) is 0 Å². The fourth-order valence-electron chi connectivity index (χ4n) is 0.934. The fourth-order valence-corrected chi connectivity index (χ4v) is 0.934. The zero-order valence-electron chi connectivity index (χ0n) is 7.42. The molecule has 12 heavy (non-hydrogen) atoms. The van der Waals surface area contributed by atoms with Gasteiger partial charge in [0.2, 0.25) is 0 Å². The molecule has 0 aliphatic heterocycles. The van der Waals surface area contributed by atoms with Crippen molar-refractivity contribution in [3.63, 3.8) is 0 Å². The maximum Gasteiger partial charge on any atom is 0.184 e. The summed E-state index contributed by atoms with van der Waals surface area (Å²) in [6, 6.07) is 0. The third kappa shape index (κ3) is 2.86. The van der Waals surface area contributed by atoms with Gasteiger partial charge in [-0.25, -0.2) is 0 Å². The molecule has 1 saturated carbocycles. The van der Waals surface area contributed by atoms with Crippen molar-refractivity contribution in [2.45, 2.75) is 32.3 Å². The van der Waals surface area contributed by atoms with Crippen molar-refractivity contribution in [1.29, 1.82) is 0 Å². The van der Waals surface area contributed by atoms with Crippen LogP contribution in [0.4, 0.5) is 0 Å². The summed E-state index contributed by atoms with van der Waals surface area (Å²) in [7, 11) is 0. The van der Waals surface area contributed by atoms with E-state index in [-0.39, 0.29) is 0 Å². The van der Waals surface area contributed by atoms with Crippen LogP contribution in [0.2, 0.25) is 0 Å². The second-order valence-corrected chi connectivity index (χ2v) is 3.15. The van der Waals surface area contributed by atoms with E-state index >= 15 is 0 Å². The van der Waals surface area contributed by atoms with Gasteiger partial charge in [-0.3, -0.25) is 0 Å². The summed E-state index contributed by atoms with van der Waals surface area (Å²) in [6.07, 6.45) is 7.29. The van der Waals surface area contributed by atoms with Crippen molar-refractivity contribution < 1.29 is 4.74 Å². The van der Waals surface area contributed by atoms with Crippen LogP contribution < -0.4 is 11.5 Å². The molecule has 3 nitrogen and oxygen atoms in total. The van der Waals surface area contributed by atoms with E-state index < -0.39 is 0 Å². The van der Waals surface area contributed by atoms with Crippen molar-refractivity contribution >= 4 is 0 Å². The van der Waals surface area contributed by atoms with Gasteiger partial charge in [0.05, 0.1) is 0 Å². The van der Waals surface area contributed by atoms with Crippen LogP contribution in [-0.2, 0) is 4.74 Å². The molecule has 0 amide bonds. The van der Waals surface area contributed by atoms with Crippen LogP contribution in [0.15, 0.2) is 23.7 Å². The summed E-state index contributed by atoms with van der Waals surface area (Å²) in [5.74, 6) is 0.463. The molecule has 0 bridgehead atoms. The summed E-state index contributed by atoms with van der Waals surface area (Å²) < 4.78 is 5.38. The van der Waals surface area contributed by atoms with E-state index in [9.17, 15) is 0 Å². The summed E-state index contributed by atoms with van der Waals surface area (Å²) in [5.41, 5.74) is 11.7. The maximum absolute atomic E-state index is 5.57. The monoisotopic (exact) mass is 168 g/mol. The molecule has 0 radical (unpaired) electrons. The summed E-state index contributed by atoms with van der Waals surface area (Å²) >= 11 is 0. The molecule has 0 heterocycles. The topological polar surface area (TPSA) is 61.3 Å². The highest BCUT2D eigenvalue weighted by Gasteiger charge is 2.18. The molecule has 68 valence electrons. The minimum absolute atomic E-state index is 0.340. The van der Waals surface area contributed by atoms with Gasteiger partial charge in [-0.1, -0.05) is 0 Å². The molecule has 1 rings (SSSR count). The quantitative estimate of drug-likeness (QED) is 0.492. The molecule has 0 aromatic heterocycles. The number of rotatable bonds is 3. The smallest absolute Gasteiger partial charge is 0.184 e. The molecule has 0 aromatic rings. The second-order valence-electron chi connectivity index (χ2n) is 3.15. The Balaban J connectivity index is 2.30. The standard InChI is InChI=1S/C9H16N2O/c1-7(10)5-6-9(11)12-8-3-2-4-8/h5-6,8H,2-4,10-11H2,1H3/b7-5-,9-6+. The number of nitrogens with two attached hydrogens (primary N) is 2. The molecular formula is C9H16N2O. The van der Waals surface area contributed by atoms with Crippen LogP contribution in [0.1, 0.15) is 26.2 Å². The van der Waals surface area contributed by atoms with E-state index in [4.69, 9.17) is 16.2 Å². The largest absolute Gasteiger partial charge is 0.476 e. The first kappa shape index (κ1) is 8.97. The minimum Gasteiger partial charge on any atom is -0.476 e. The van der Waals surface area contributed by atoms with E-state index in [1.54, 1.807) is 12.2 Å². The number of allylic oxidation sites excluding steroid dienone is 3. The molecule has 0 unspecified atom stereocenters. The molecule has 0 aromatic carbocycles. The number of hydrogen-bond donors (Lipinski definition) is 2. The molecular weight excluding hydrogens is 152 g/mol. The average Bonchev–Trinajstić information content (AvgIpc) is 1.93. The van der Waals surface area contributed by atoms with Crippen LogP contribution in [0.25, 0.3) is 0 Å². The highest BCUT2D eigenvalue weighted by Crippen LogP contribution is 2.23. The van der Waals surface area contributed by atoms with E-state index in [0.717, 1.165) is 18.5 Å². The lowest BCUT2D eigenvalue weighted by Gasteiger charge is -2.26. The molecule has 0 atom stereocenters. The lowest BCUT2D eigenvalue weighted by atomic mass is 9.96. The van der Waals surface area contributed by atoms with E-state index in [1.807, 2.05) is 6.92 Å². The van der Waals surface area contributed by atoms with Crippen molar-refractivity contribution in [2.75, 3.05) is 0 Å². The van der Waals surface area contributed by atoms with Crippen molar-refractivity contribution in [3.05, 3.63) is 23.7 Å². The normalized spacial score (nSPS) is 20.4. The summed E-state index contributed by atoms with van der Waals surface area (Å²) in [6.45, 7) is 1.81. The highest BCUT2D eigenvalue weighted by molar-refractivity contribution is 5.09. The first-order valence-electron chi connectivity index (χ1n) is 4.24. The van der Waals surface area contributed by atoms with Gasteiger partial charge in [0, 0.05) is 5.70 Å². The van der Waals surface area contributed by atoms with Gasteiger partial charge >= 0.3 is 0 Å². The van der Waals surface area contributed by atoms with Gasteiger partial charge in [0.1, 0.15) is 6.10 Å². The Kier molecular flexibility index (Phi) is 3.02. The van der Waals surface area contributed by atoms with Gasteiger partial charge < -0.3 is 16.2 Å². The Morgan fingerprint density at radius 2 is 2.00 bits per heavy atom. The first-order chi connectivity index (χ1) is 5.68. The maximum atomic E-state index is 5.57. The predicted octanol–water partition coefficient (Wildman–Crippen LogP) is 1.22. The summed E-state index contributed by atoms with van der Waals surface area (Å²) in [5, 5.41) is 0. The van der Waals surface area contributed by atoms with Gasteiger partial charge in [-0.2, -0.15) is 0 Å². The Morgan fingerprint density at radius 3 is 2.42 bits per heavy atom. The Hall–Kier alpha value is -1.12. The van der Waals surface area contributed by atoms with Gasteiger partial charge in [0.25, 0.3) is 0 Å². The highest BCUT2D eigenvalue weighted by atomic mass is 16.5. The van der Waals surface area contributed by atoms with Crippen molar-refractivity contribution in [2.24, 2.45) is 11.5 Å². The third-order valence-corrected chi connectivity index (χ3v) is 1.87. The van der Waals surface area contributed by atoms with E-state index in [1.165, 1.54) is 6.42 Å². The lowest BCUT2D eigenvalue weighted by molar-refractivity contribution is 0.0508. The van der Waals surface area contributed by atoms with Crippen LogP contribution in [-0.4, -0.2) is 6.10 Å². The molecule has 1 fully saturated rings. The minimum atomic E-state index is 0.340. The van der Waals surface area contributed by atoms with Gasteiger partial charge in [0.15, 0.2) is 5.88 Å². The number of ether oxygens (including phenoxy) is 1. The van der Waals surface area contributed by atoms with E-state index in [2.05, 4.69) is 0 Å². The molecule has 0 spiro atoms. The average molecular weight is 168 g/mol. The van der Waals surface area contributed by atoms with E-state index in [0.29, 0.717) is 12.0 Å². The molecule has 3 heteroatoms. The fraction of sp³-hybridized carbons (Fsp3) is 0.556. The van der Waals surface area contributed by atoms with Crippen LogP contribution in [0, 0.1) is 0 Å². The van der Waals surface area contributed by atoms with Crippen LogP contribution in [0.5, 0.6) is 0 Å². The Labute approximate surface area is 73.1 Å². The SMILES string of the molecule is C/C(N)=C/C=C(\N)OC1CCC1. The van der Waals surface area contributed by atoms with Gasteiger partial charge in [-0.15, -0.1) is 0 Å². The third-order valence-electron chi connectivity index (χ3n) is 1.87. The zero-order chi connectivity index (χ0) is 8.97. The van der Waals surface area contributed by atoms with Gasteiger partial charge in [-0.05, 0) is 38.3 Å². The Bertz CT molecular complexity index is 201. The summed E-state index contributed by atoms with van der Waals surface area (Å²) in [4.78, 5) is 0. The second kappa shape index (κ2) is 4.04. The van der Waals surface area contributed by atoms with Crippen LogP contribution >= 0.6 is 0 Å². The molecule has 1 aliphatic carbocycles. The van der Waals surface area contributed by atoms with Crippen molar-refractivity contribution in [3.8, 4) is 0 Å². The lowest BCUT2D eigenvalue weighted by Crippen LogP contribution is -2.23. The van der Waals surface area contributed by atoms with Crippen LogP contribution in [0.3, 0.4) is 0 Å². The Morgan fingerprint density at radius 1 is 1.33 bits per heavy atom.